The van der Waals surface area contributed by atoms with E-state index in [0.29, 0.717) is 6.42 Å². The van der Waals surface area contributed by atoms with Crippen molar-refractivity contribution in [3.63, 3.8) is 0 Å². The molecule has 0 aromatic heterocycles. The molecule has 0 amide bonds. The summed E-state index contributed by atoms with van der Waals surface area (Å²) in [5.74, 6) is -2.65. The van der Waals surface area contributed by atoms with Crippen LogP contribution in [0.25, 0.3) is 0 Å². The van der Waals surface area contributed by atoms with Crippen molar-refractivity contribution in [3.05, 3.63) is 11.6 Å². The Labute approximate surface area is 134 Å². The molecule has 3 rings (SSSR count). The minimum absolute atomic E-state index is 0.0225. The molecule has 7 heteroatoms. The van der Waals surface area contributed by atoms with Crippen molar-refractivity contribution < 1.29 is 29.3 Å². The zero-order valence-corrected chi connectivity index (χ0v) is 13.6. The molecule has 0 aliphatic carbocycles. The summed E-state index contributed by atoms with van der Waals surface area (Å²) < 4.78 is 10.8. The first kappa shape index (κ1) is 16.4. The molecule has 0 spiro atoms. The van der Waals surface area contributed by atoms with Crippen molar-refractivity contribution in [2.24, 2.45) is 5.92 Å². The summed E-state index contributed by atoms with van der Waals surface area (Å²) in [4.78, 5) is 26.9. The van der Waals surface area contributed by atoms with Crippen molar-refractivity contribution in [2.45, 2.75) is 50.5 Å². The molecular weight excluding hydrogens is 302 g/mol. The summed E-state index contributed by atoms with van der Waals surface area (Å²) in [6, 6.07) is -0.0908. The van der Waals surface area contributed by atoms with Crippen LogP contribution in [0.5, 0.6) is 0 Å². The van der Waals surface area contributed by atoms with E-state index in [1.54, 1.807) is 0 Å². The van der Waals surface area contributed by atoms with Gasteiger partial charge >= 0.3 is 11.9 Å². The van der Waals surface area contributed by atoms with Crippen LogP contribution in [0.3, 0.4) is 0 Å². The van der Waals surface area contributed by atoms with E-state index >= 15 is 0 Å². The molecule has 2 unspecified atom stereocenters. The zero-order valence-electron chi connectivity index (χ0n) is 13.6. The molecule has 0 radical (unpaired) electrons. The molecular formula is C16H23NO6. The quantitative estimate of drug-likeness (QED) is 0.462. The highest BCUT2D eigenvalue weighted by molar-refractivity contribution is 5.83. The van der Waals surface area contributed by atoms with Crippen molar-refractivity contribution in [3.8, 4) is 0 Å². The van der Waals surface area contributed by atoms with Gasteiger partial charge in [0.1, 0.15) is 18.3 Å². The lowest BCUT2D eigenvalue weighted by atomic mass is 9.76. The fourth-order valence-electron chi connectivity index (χ4n) is 3.52. The second-order valence-corrected chi connectivity index (χ2v) is 7.00. The van der Waals surface area contributed by atoms with Gasteiger partial charge in [0.15, 0.2) is 5.60 Å². The van der Waals surface area contributed by atoms with E-state index < -0.39 is 29.1 Å². The van der Waals surface area contributed by atoms with Gasteiger partial charge in [-0.3, -0.25) is 9.69 Å². The maximum Gasteiger partial charge on any atom is 0.341 e. The summed E-state index contributed by atoms with van der Waals surface area (Å²) in [6.07, 6.45) is 2.34. The van der Waals surface area contributed by atoms with Gasteiger partial charge in [0, 0.05) is 13.1 Å². The van der Waals surface area contributed by atoms with Crippen LogP contribution in [0.1, 0.15) is 27.2 Å². The number of hydrogen-bond acceptors (Lipinski definition) is 7. The number of carbonyl (C=O) groups excluding carboxylic acids is 2. The van der Waals surface area contributed by atoms with Crippen LogP contribution < -0.4 is 0 Å². The lowest BCUT2D eigenvalue weighted by Gasteiger charge is -2.39. The molecule has 23 heavy (non-hydrogen) atoms. The minimum atomic E-state index is -2.22. The van der Waals surface area contributed by atoms with Crippen LogP contribution in [-0.4, -0.2) is 70.1 Å². The van der Waals surface area contributed by atoms with E-state index in [1.807, 2.05) is 6.08 Å². The highest BCUT2D eigenvalue weighted by atomic mass is 16.6. The first-order valence-electron chi connectivity index (χ1n) is 7.91. The van der Waals surface area contributed by atoms with Crippen LogP contribution in [0.4, 0.5) is 0 Å². The van der Waals surface area contributed by atoms with Gasteiger partial charge in [-0.1, -0.05) is 6.08 Å². The average molecular weight is 325 g/mol. The van der Waals surface area contributed by atoms with Gasteiger partial charge in [-0.05, 0) is 32.8 Å². The van der Waals surface area contributed by atoms with Gasteiger partial charge in [-0.2, -0.15) is 0 Å². The number of rotatable bonds is 0. The molecule has 0 saturated carbocycles. The number of aliphatic hydroxyl groups is 2. The van der Waals surface area contributed by atoms with Crippen molar-refractivity contribution >= 4 is 11.9 Å². The average Bonchev–Trinajstić information content (AvgIpc) is 3.06. The summed E-state index contributed by atoms with van der Waals surface area (Å²) >= 11 is 0. The third kappa shape index (κ3) is 2.38. The Morgan fingerprint density at radius 3 is 2.70 bits per heavy atom. The Hall–Kier alpha value is -1.44. The maximum absolute atomic E-state index is 12.4. The van der Waals surface area contributed by atoms with Gasteiger partial charge in [-0.25, -0.2) is 4.79 Å². The third-order valence-electron chi connectivity index (χ3n) is 5.63. The Kier molecular flexibility index (Phi) is 3.78. The lowest BCUT2D eigenvalue weighted by Crippen LogP contribution is -2.61. The summed E-state index contributed by atoms with van der Waals surface area (Å²) in [5, 5.41) is 21.1. The highest BCUT2D eigenvalue weighted by Crippen LogP contribution is 2.36. The number of nitrogens with zero attached hydrogens (tertiary/aromatic N) is 1. The van der Waals surface area contributed by atoms with Crippen LogP contribution >= 0.6 is 0 Å². The molecule has 3 aliphatic heterocycles. The Morgan fingerprint density at radius 1 is 1.30 bits per heavy atom. The largest absolute Gasteiger partial charge is 0.460 e. The second-order valence-electron chi connectivity index (χ2n) is 7.00. The molecule has 5 atom stereocenters. The molecule has 2 saturated heterocycles. The number of carbonyl (C=O) groups is 2. The lowest BCUT2D eigenvalue weighted by molar-refractivity contribution is -0.205. The molecule has 2 N–H and O–H groups in total. The van der Waals surface area contributed by atoms with E-state index in [2.05, 4.69) is 4.90 Å². The van der Waals surface area contributed by atoms with E-state index in [1.165, 1.54) is 13.8 Å². The first-order valence-corrected chi connectivity index (χ1v) is 7.91. The normalized spacial score (nSPS) is 44.9. The summed E-state index contributed by atoms with van der Waals surface area (Å²) in [6.45, 7) is 5.41. The van der Waals surface area contributed by atoms with Crippen molar-refractivity contribution in [1.82, 2.24) is 4.90 Å². The third-order valence-corrected chi connectivity index (χ3v) is 5.63. The number of cyclic esters (lactones) is 1. The fourth-order valence-corrected chi connectivity index (χ4v) is 3.52. The van der Waals surface area contributed by atoms with Crippen molar-refractivity contribution in [2.75, 3.05) is 19.7 Å². The molecule has 3 aliphatic rings. The highest BCUT2D eigenvalue weighted by Gasteiger charge is 2.56. The monoisotopic (exact) mass is 325 g/mol. The van der Waals surface area contributed by atoms with Gasteiger partial charge in [0.25, 0.3) is 0 Å². The van der Waals surface area contributed by atoms with Crippen molar-refractivity contribution in [1.29, 1.82) is 0 Å². The van der Waals surface area contributed by atoms with E-state index in [-0.39, 0.29) is 18.8 Å². The number of esters is 2. The van der Waals surface area contributed by atoms with Gasteiger partial charge in [0.05, 0.1) is 12.0 Å². The zero-order chi connectivity index (χ0) is 17.0. The molecule has 3 heterocycles. The fraction of sp³-hybridized carbons (Fsp3) is 0.750. The van der Waals surface area contributed by atoms with Crippen LogP contribution in [0.15, 0.2) is 11.6 Å². The molecule has 7 nitrogen and oxygen atoms in total. The molecule has 0 aromatic carbocycles. The molecule has 2 fully saturated rings. The topological polar surface area (TPSA) is 96.3 Å². The Morgan fingerprint density at radius 2 is 2.00 bits per heavy atom. The SMILES string of the molecule is C[C@H]1C(=O)O[C@@H]2CCN3CC=C(COC(=O)C(C)(O)C1(C)O)[C@H]23. The number of ether oxygens (including phenoxy) is 2. The minimum Gasteiger partial charge on any atom is -0.460 e. The van der Waals surface area contributed by atoms with E-state index in [4.69, 9.17) is 9.47 Å². The van der Waals surface area contributed by atoms with Crippen LogP contribution in [0.2, 0.25) is 0 Å². The standard InChI is InChI=1S/C16H23NO6/c1-9-13(18)23-11-5-7-17-6-4-10(12(11)17)8-22-14(19)16(3,21)15(9,2)20/h4,9,11-12,20-21H,5-8H2,1-3H3/t9-,11+,12+,15?,16?/m0/s1. The smallest absolute Gasteiger partial charge is 0.341 e. The van der Waals surface area contributed by atoms with Crippen LogP contribution in [0, 0.1) is 5.92 Å². The summed E-state index contributed by atoms with van der Waals surface area (Å²) in [7, 11) is 0. The van der Waals surface area contributed by atoms with Crippen LogP contribution in [-0.2, 0) is 19.1 Å². The molecule has 0 bridgehead atoms. The second kappa shape index (κ2) is 5.29. The van der Waals surface area contributed by atoms with Gasteiger partial charge < -0.3 is 19.7 Å². The van der Waals surface area contributed by atoms with E-state index in [9.17, 15) is 19.8 Å². The summed E-state index contributed by atoms with van der Waals surface area (Å²) in [5.41, 5.74) is -3.35. The maximum atomic E-state index is 12.4. The van der Waals surface area contributed by atoms with E-state index in [0.717, 1.165) is 25.6 Å². The predicted molar refractivity (Wildman–Crippen MR) is 79.3 cm³/mol. The Balaban J connectivity index is 1.97. The van der Waals surface area contributed by atoms with Gasteiger partial charge in [0.2, 0.25) is 0 Å². The number of hydrogen-bond donors (Lipinski definition) is 2. The molecule has 128 valence electrons. The predicted octanol–water partition coefficient (Wildman–Crippen LogP) is -0.393. The first-order chi connectivity index (χ1) is 10.7. The van der Waals surface area contributed by atoms with Gasteiger partial charge in [-0.15, -0.1) is 0 Å². The Bertz CT molecular complexity index is 567. The molecule has 0 aromatic rings.